The van der Waals surface area contributed by atoms with Gasteiger partial charge < -0.3 is 15.4 Å². The first-order valence-electron chi connectivity index (χ1n) is 8.67. The van der Waals surface area contributed by atoms with Crippen LogP contribution in [-0.4, -0.2) is 38.6 Å². The smallest absolute Gasteiger partial charge is 0.339 e. The monoisotopic (exact) mass is 418 g/mol. The highest BCUT2D eigenvalue weighted by Gasteiger charge is 2.21. The zero-order valence-corrected chi connectivity index (χ0v) is 17.3. The number of aryl methyl sites for hydroxylation is 1. The van der Waals surface area contributed by atoms with Crippen molar-refractivity contribution in [3.63, 3.8) is 0 Å². The van der Waals surface area contributed by atoms with Gasteiger partial charge in [0.2, 0.25) is 5.91 Å². The second-order valence-electron chi connectivity index (χ2n) is 6.54. The molecule has 0 fully saturated rings. The van der Waals surface area contributed by atoms with Gasteiger partial charge in [0.15, 0.2) is 15.9 Å². The fourth-order valence-electron chi connectivity index (χ4n) is 2.41. The van der Waals surface area contributed by atoms with Gasteiger partial charge in [-0.2, -0.15) is 0 Å². The molecule has 2 aromatic rings. The Morgan fingerprint density at radius 1 is 0.966 bits per heavy atom. The lowest BCUT2D eigenvalue weighted by molar-refractivity contribution is -0.123. The minimum absolute atomic E-state index is 0.00795. The van der Waals surface area contributed by atoms with Crippen LogP contribution in [0.3, 0.4) is 0 Å². The van der Waals surface area contributed by atoms with Crippen LogP contribution >= 0.6 is 0 Å². The van der Waals surface area contributed by atoms with E-state index < -0.39 is 27.8 Å². The standard InChI is InChI=1S/C20H22N2O6S/c1-12-5-10-17(29(4,26)27)11-18(12)20(25)28-13(2)19(24)22-16-8-6-15(7-9-16)21-14(3)23/h5-11,13H,1-4H3,(H,21,23)(H,22,24)/t13-/m0/s1. The molecule has 0 aliphatic rings. The molecule has 2 amide bonds. The van der Waals surface area contributed by atoms with E-state index in [1.165, 1.54) is 32.0 Å². The number of rotatable bonds is 6. The van der Waals surface area contributed by atoms with Gasteiger partial charge in [-0.1, -0.05) is 6.07 Å². The summed E-state index contributed by atoms with van der Waals surface area (Å²) in [6.45, 7) is 4.44. The summed E-state index contributed by atoms with van der Waals surface area (Å²) in [5.41, 5.74) is 1.65. The fraction of sp³-hybridized carbons (Fsp3) is 0.250. The molecule has 2 N–H and O–H groups in total. The second-order valence-corrected chi connectivity index (χ2v) is 8.56. The van der Waals surface area contributed by atoms with E-state index in [-0.39, 0.29) is 16.4 Å². The quantitative estimate of drug-likeness (QED) is 0.696. The molecule has 0 saturated carbocycles. The highest BCUT2D eigenvalue weighted by atomic mass is 32.2. The lowest BCUT2D eigenvalue weighted by atomic mass is 10.1. The number of anilines is 2. The highest BCUT2D eigenvalue weighted by molar-refractivity contribution is 7.90. The van der Waals surface area contributed by atoms with Crippen LogP contribution in [-0.2, 0) is 24.2 Å². The highest BCUT2D eigenvalue weighted by Crippen LogP contribution is 2.18. The Morgan fingerprint density at radius 3 is 2.03 bits per heavy atom. The van der Waals surface area contributed by atoms with Crippen LogP contribution in [0.5, 0.6) is 0 Å². The number of ether oxygens (including phenoxy) is 1. The van der Waals surface area contributed by atoms with Gasteiger partial charge in [0, 0.05) is 24.6 Å². The van der Waals surface area contributed by atoms with Crippen molar-refractivity contribution < 1.29 is 27.5 Å². The molecule has 0 spiro atoms. The van der Waals surface area contributed by atoms with Crippen LogP contribution < -0.4 is 10.6 Å². The van der Waals surface area contributed by atoms with Crippen molar-refractivity contribution in [2.75, 3.05) is 16.9 Å². The summed E-state index contributed by atoms with van der Waals surface area (Å²) in [5.74, 6) is -1.56. The van der Waals surface area contributed by atoms with Gasteiger partial charge in [-0.05, 0) is 55.8 Å². The van der Waals surface area contributed by atoms with Gasteiger partial charge >= 0.3 is 5.97 Å². The number of carbonyl (C=O) groups is 3. The number of hydrogen-bond acceptors (Lipinski definition) is 6. The molecule has 2 rings (SSSR count). The van der Waals surface area contributed by atoms with Crippen molar-refractivity contribution >= 4 is 39.0 Å². The summed E-state index contributed by atoms with van der Waals surface area (Å²) in [6, 6.07) is 10.6. The predicted octanol–water partition coefficient (Wildman–Crippen LogP) is 2.54. The van der Waals surface area contributed by atoms with Crippen LogP contribution in [0.25, 0.3) is 0 Å². The van der Waals surface area contributed by atoms with E-state index in [9.17, 15) is 22.8 Å². The van der Waals surface area contributed by atoms with Gasteiger partial charge in [0.1, 0.15) is 0 Å². The Morgan fingerprint density at radius 2 is 1.52 bits per heavy atom. The number of sulfone groups is 1. The summed E-state index contributed by atoms with van der Waals surface area (Å²) in [4.78, 5) is 35.7. The Hall–Kier alpha value is -3.20. The van der Waals surface area contributed by atoms with Crippen LogP contribution in [0.2, 0.25) is 0 Å². The van der Waals surface area contributed by atoms with E-state index in [2.05, 4.69) is 10.6 Å². The number of carbonyl (C=O) groups excluding carboxylic acids is 3. The minimum atomic E-state index is -3.49. The molecule has 0 aliphatic heterocycles. The number of benzene rings is 2. The van der Waals surface area contributed by atoms with E-state index in [0.717, 1.165) is 6.26 Å². The maximum Gasteiger partial charge on any atom is 0.339 e. The van der Waals surface area contributed by atoms with Crippen LogP contribution in [0.15, 0.2) is 47.4 Å². The molecule has 0 bridgehead atoms. The van der Waals surface area contributed by atoms with Gasteiger partial charge in [-0.15, -0.1) is 0 Å². The molecule has 29 heavy (non-hydrogen) atoms. The van der Waals surface area contributed by atoms with E-state index in [1.54, 1.807) is 31.2 Å². The largest absolute Gasteiger partial charge is 0.449 e. The zero-order chi connectivity index (χ0) is 21.8. The lowest BCUT2D eigenvalue weighted by Gasteiger charge is -2.15. The van der Waals surface area contributed by atoms with Crippen molar-refractivity contribution in [3.05, 3.63) is 53.6 Å². The van der Waals surface area contributed by atoms with E-state index in [0.29, 0.717) is 16.9 Å². The minimum Gasteiger partial charge on any atom is -0.449 e. The molecular weight excluding hydrogens is 396 g/mol. The Kier molecular flexibility index (Phi) is 6.76. The SMILES string of the molecule is CC(=O)Nc1ccc(NC(=O)[C@H](C)OC(=O)c2cc(S(C)(=O)=O)ccc2C)cc1. The maximum absolute atomic E-state index is 12.4. The number of esters is 1. The molecule has 0 radical (unpaired) electrons. The summed E-state index contributed by atoms with van der Waals surface area (Å²) < 4.78 is 28.6. The zero-order valence-electron chi connectivity index (χ0n) is 16.5. The third kappa shape index (κ3) is 6.15. The fourth-order valence-corrected chi connectivity index (χ4v) is 3.06. The molecule has 0 saturated heterocycles. The molecule has 0 aliphatic carbocycles. The molecule has 2 aromatic carbocycles. The van der Waals surface area contributed by atoms with Crippen molar-refractivity contribution in [3.8, 4) is 0 Å². The van der Waals surface area contributed by atoms with E-state index >= 15 is 0 Å². The predicted molar refractivity (Wildman–Crippen MR) is 109 cm³/mol. The number of nitrogens with one attached hydrogen (secondary N) is 2. The average Bonchev–Trinajstić information content (AvgIpc) is 2.62. The van der Waals surface area contributed by atoms with Gasteiger partial charge in [-0.25, -0.2) is 13.2 Å². The molecule has 0 aromatic heterocycles. The third-order valence-corrected chi connectivity index (χ3v) is 5.09. The number of amides is 2. The Balaban J connectivity index is 2.06. The van der Waals surface area contributed by atoms with Gasteiger partial charge in [0.05, 0.1) is 10.5 Å². The van der Waals surface area contributed by atoms with Crippen LogP contribution in [0, 0.1) is 6.92 Å². The van der Waals surface area contributed by atoms with Crippen molar-refractivity contribution in [2.45, 2.75) is 31.8 Å². The molecule has 154 valence electrons. The summed E-state index contributed by atoms with van der Waals surface area (Å²) in [7, 11) is -3.49. The van der Waals surface area contributed by atoms with Crippen molar-refractivity contribution in [1.82, 2.24) is 0 Å². The van der Waals surface area contributed by atoms with Crippen molar-refractivity contribution in [1.29, 1.82) is 0 Å². The van der Waals surface area contributed by atoms with Gasteiger partial charge in [0.25, 0.3) is 5.91 Å². The Labute approximate surface area is 169 Å². The Bertz CT molecular complexity index is 1050. The lowest BCUT2D eigenvalue weighted by Crippen LogP contribution is -2.30. The molecule has 0 unspecified atom stereocenters. The molecule has 1 atom stereocenters. The van der Waals surface area contributed by atoms with Crippen molar-refractivity contribution in [2.24, 2.45) is 0 Å². The summed E-state index contributed by atoms with van der Waals surface area (Å²) >= 11 is 0. The molecule has 0 heterocycles. The average molecular weight is 418 g/mol. The summed E-state index contributed by atoms with van der Waals surface area (Å²) in [5, 5.41) is 5.21. The van der Waals surface area contributed by atoms with Crippen LogP contribution in [0.1, 0.15) is 29.8 Å². The number of hydrogen-bond donors (Lipinski definition) is 2. The van der Waals surface area contributed by atoms with Gasteiger partial charge in [-0.3, -0.25) is 9.59 Å². The molecule has 8 nitrogen and oxygen atoms in total. The topological polar surface area (TPSA) is 119 Å². The normalized spacial score (nSPS) is 12.0. The first-order chi connectivity index (χ1) is 13.5. The maximum atomic E-state index is 12.4. The third-order valence-electron chi connectivity index (χ3n) is 3.98. The first-order valence-corrected chi connectivity index (χ1v) is 10.6. The van der Waals surface area contributed by atoms with E-state index in [1.807, 2.05) is 0 Å². The molecular formula is C20H22N2O6S. The molecule has 9 heteroatoms. The van der Waals surface area contributed by atoms with E-state index in [4.69, 9.17) is 4.74 Å². The summed E-state index contributed by atoms with van der Waals surface area (Å²) in [6.07, 6.45) is -0.0705. The second kappa shape index (κ2) is 8.87. The first kappa shape index (κ1) is 22.1. The van der Waals surface area contributed by atoms with Crippen LogP contribution in [0.4, 0.5) is 11.4 Å².